The Hall–Kier alpha value is -3.22. The zero-order valence-corrected chi connectivity index (χ0v) is 13.1. The van der Waals surface area contributed by atoms with Gasteiger partial charge in [0.2, 0.25) is 5.91 Å². The SMILES string of the molecule is Cc1ccc(NC(=O)CCNC(=O)c2ccc([N+](=O)[O-])cc2)cc1. The summed E-state index contributed by atoms with van der Waals surface area (Å²) in [4.78, 5) is 33.7. The molecule has 2 aromatic carbocycles. The number of carbonyl (C=O) groups is 2. The van der Waals surface area contributed by atoms with E-state index in [9.17, 15) is 19.7 Å². The van der Waals surface area contributed by atoms with Crippen molar-refractivity contribution in [1.29, 1.82) is 0 Å². The van der Waals surface area contributed by atoms with Crippen LogP contribution in [-0.2, 0) is 4.79 Å². The monoisotopic (exact) mass is 327 g/mol. The van der Waals surface area contributed by atoms with Gasteiger partial charge >= 0.3 is 0 Å². The largest absolute Gasteiger partial charge is 0.352 e. The summed E-state index contributed by atoms with van der Waals surface area (Å²) in [5.41, 5.74) is 2.03. The molecule has 2 rings (SSSR count). The molecule has 0 aliphatic carbocycles. The molecule has 0 aliphatic heterocycles. The Morgan fingerprint density at radius 1 is 1.04 bits per heavy atom. The summed E-state index contributed by atoms with van der Waals surface area (Å²) in [7, 11) is 0. The van der Waals surface area contributed by atoms with Crippen molar-refractivity contribution in [2.24, 2.45) is 0 Å². The van der Waals surface area contributed by atoms with E-state index >= 15 is 0 Å². The van der Waals surface area contributed by atoms with E-state index in [2.05, 4.69) is 10.6 Å². The van der Waals surface area contributed by atoms with Crippen LogP contribution in [0.2, 0.25) is 0 Å². The van der Waals surface area contributed by atoms with Crippen LogP contribution in [0.4, 0.5) is 11.4 Å². The van der Waals surface area contributed by atoms with Gasteiger partial charge in [-0.1, -0.05) is 17.7 Å². The number of nitrogens with zero attached hydrogens (tertiary/aromatic N) is 1. The van der Waals surface area contributed by atoms with E-state index in [0.717, 1.165) is 5.56 Å². The maximum absolute atomic E-state index is 11.9. The topological polar surface area (TPSA) is 101 Å². The molecular formula is C17H17N3O4. The second-order valence-corrected chi connectivity index (χ2v) is 5.22. The third-order valence-corrected chi connectivity index (χ3v) is 3.31. The van der Waals surface area contributed by atoms with Crippen LogP contribution in [0.3, 0.4) is 0 Å². The van der Waals surface area contributed by atoms with Crippen molar-refractivity contribution < 1.29 is 14.5 Å². The lowest BCUT2D eigenvalue weighted by molar-refractivity contribution is -0.384. The molecule has 0 fully saturated rings. The molecule has 7 heteroatoms. The van der Waals surface area contributed by atoms with Crippen molar-refractivity contribution in [3.8, 4) is 0 Å². The average molecular weight is 327 g/mol. The highest BCUT2D eigenvalue weighted by atomic mass is 16.6. The Kier molecular flexibility index (Phi) is 5.62. The number of carbonyl (C=O) groups excluding carboxylic acids is 2. The van der Waals surface area contributed by atoms with Crippen LogP contribution >= 0.6 is 0 Å². The molecule has 0 aliphatic rings. The van der Waals surface area contributed by atoms with Crippen molar-refractivity contribution in [2.75, 3.05) is 11.9 Å². The van der Waals surface area contributed by atoms with Crippen LogP contribution in [0.1, 0.15) is 22.3 Å². The minimum Gasteiger partial charge on any atom is -0.352 e. The quantitative estimate of drug-likeness (QED) is 0.629. The summed E-state index contributed by atoms with van der Waals surface area (Å²) in [6.45, 7) is 2.13. The summed E-state index contributed by atoms with van der Waals surface area (Å²) in [6, 6.07) is 12.7. The number of nitrogens with one attached hydrogen (secondary N) is 2. The van der Waals surface area contributed by atoms with E-state index in [4.69, 9.17) is 0 Å². The number of amides is 2. The molecule has 0 saturated heterocycles. The fourth-order valence-electron chi connectivity index (χ4n) is 1.99. The lowest BCUT2D eigenvalue weighted by Crippen LogP contribution is -2.27. The first kappa shape index (κ1) is 17.1. The summed E-state index contributed by atoms with van der Waals surface area (Å²) in [5.74, 6) is -0.587. The van der Waals surface area contributed by atoms with Crippen molar-refractivity contribution in [3.63, 3.8) is 0 Å². The van der Waals surface area contributed by atoms with Gasteiger partial charge in [-0.25, -0.2) is 0 Å². The van der Waals surface area contributed by atoms with E-state index in [1.807, 2.05) is 31.2 Å². The highest BCUT2D eigenvalue weighted by molar-refractivity contribution is 5.95. The van der Waals surface area contributed by atoms with Gasteiger partial charge in [-0.2, -0.15) is 0 Å². The molecule has 0 atom stereocenters. The molecule has 24 heavy (non-hydrogen) atoms. The van der Waals surface area contributed by atoms with Crippen molar-refractivity contribution >= 4 is 23.2 Å². The van der Waals surface area contributed by atoms with Gasteiger partial charge in [-0.3, -0.25) is 19.7 Å². The van der Waals surface area contributed by atoms with Crippen LogP contribution in [0.5, 0.6) is 0 Å². The van der Waals surface area contributed by atoms with Gasteiger partial charge in [0, 0.05) is 36.3 Å². The van der Waals surface area contributed by atoms with E-state index in [1.54, 1.807) is 0 Å². The molecule has 7 nitrogen and oxygen atoms in total. The molecule has 0 saturated carbocycles. The van der Waals surface area contributed by atoms with Crippen molar-refractivity contribution in [3.05, 3.63) is 69.8 Å². The van der Waals surface area contributed by atoms with E-state index in [-0.39, 0.29) is 30.5 Å². The van der Waals surface area contributed by atoms with E-state index in [0.29, 0.717) is 11.3 Å². The predicted octanol–water partition coefficient (Wildman–Crippen LogP) is 2.66. The van der Waals surface area contributed by atoms with Gasteiger partial charge < -0.3 is 10.6 Å². The third kappa shape index (κ3) is 4.91. The van der Waals surface area contributed by atoms with E-state index in [1.165, 1.54) is 24.3 Å². The van der Waals surface area contributed by atoms with Gasteiger partial charge in [0.1, 0.15) is 0 Å². The molecule has 0 bridgehead atoms. The Balaban J connectivity index is 1.78. The van der Waals surface area contributed by atoms with Crippen molar-refractivity contribution in [1.82, 2.24) is 5.32 Å². The Bertz CT molecular complexity index is 739. The summed E-state index contributed by atoms with van der Waals surface area (Å²) in [6.07, 6.45) is 0.132. The molecular weight excluding hydrogens is 310 g/mol. The van der Waals surface area contributed by atoms with Crippen LogP contribution < -0.4 is 10.6 Å². The maximum Gasteiger partial charge on any atom is 0.269 e. The summed E-state index contributed by atoms with van der Waals surface area (Å²) < 4.78 is 0. The summed E-state index contributed by atoms with van der Waals surface area (Å²) in [5, 5.41) is 15.9. The van der Waals surface area contributed by atoms with Crippen LogP contribution in [0, 0.1) is 17.0 Å². The Morgan fingerprint density at radius 2 is 1.67 bits per heavy atom. The van der Waals surface area contributed by atoms with Gasteiger partial charge in [0.25, 0.3) is 11.6 Å². The number of nitro groups is 1. The molecule has 0 heterocycles. The molecule has 124 valence electrons. The highest BCUT2D eigenvalue weighted by Gasteiger charge is 2.10. The Morgan fingerprint density at radius 3 is 2.25 bits per heavy atom. The smallest absolute Gasteiger partial charge is 0.269 e. The average Bonchev–Trinajstić information content (AvgIpc) is 2.57. The number of non-ortho nitro benzene ring substituents is 1. The highest BCUT2D eigenvalue weighted by Crippen LogP contribution is 2.12. The number of anilines is 1. The molecule has 0 unspecified atom stereocenters. The predicted molar refractivity (Wildman–Crippen MR) is 89.9 cm³/mol. The second-order valence-electron chi connectivity index (χ2n) is 5.22. The molecule has 2 aromatic rings. The molecule has 0 radical (unpaired) electrons. The second kappa shape index (κ2) is 7.87. The standard InChI is InChI=1S/C17H17N3O4/c1-12-2-6-14(7-3-12)19-16(21)10-11-18-17(22)13-4-8-15(9-5-13)20(23)24/h2-9H,10-11H2,1H3,(H,18,22)(H,19,21). The third-order valence-electron chi connectivity index (χ3n) is 3.31. The van der Waals surface area contributed by atoms with Gasteiger partial charge in [0.05, 0.1) is 4.92 Å². The zero-order valence-electron chi connectivity index (χ0n) is 13.1. The molecule has 0 aromatic heterocycles. The molecule has 2 N–H and O–H groups in total. The number of hydrogen-bond donors (Lipinski definition) is 2. The first-order valence-electron chi connectivity index (χ1n) is 7.35. The van der Waals surface area contributed by atoms with Gasteiger partial charge in [-0.05, 0) is 31.2 Å². The van der Waals surface area contributed by atoms with Crippen LogP contribution in [0.25, 0.3) is 0 Å². The number of nitro benzene ring substituents is 1. The lowest BCUT2D eigenvalue weighted by Gasteiger charge is -2.07. The number of benzene rings is 2. The van der Waals surface area contributed by atoms with Crippen LogP contribution in [-0.4, -0.2) is 23.3 Å². The minimum atomic E-state index is -0.531. The molecule has 0 spiro atoms. The van der Waals surface area contributed by atoms with Gasteiger partial charge in [-0.15, -0.1) is 0 Å². The number of aryl methyl sites for hydroxylation is 1. The van der Waals surface area contributed by atoms with Gasteiger partial charge in [0.15, 0.2) is 0 Å². The first-order chi connectivity index (χ1) is 11.5. The van der Waals surface area contributed by atoms with Crippen LogP contribution in [0.15, 0.2) is 48.5 Å². The first-order valence-corrected chi connectivity index (χ1v) is 7.35. The Labute approximate surface area is 138 Å². The van der Waals surface area contributed by atoms with Crippen molar-refractivity contribution in [2.45, 2.75) is 13.3 Å². The lowest BCUT2D eigenvalue weighted by atomic mass is 10.2. The maximum atomic E-state index is 11.9. The van der Waals surface area contributed by atoms with E-state index < -0.39 is 4.92 Å². The number of rotatable bonds is 6. The summed E-state index contributed by atoms with van der Waals surface area (Å²) >= 11 is 0. The normalized spacial score (nSPS) is 10.0. The fraction of sp³-hybridized carbons (Fsp3) is 0.176. The molecule has 2 amide bonds. The zero-order chi connectivity index (χ0) is 17.5. The fourth-order valence-corrected chi connectivity index (χ4v) is 1.99. The number of hydrogen-bond acceptors (Lipinski definition) is 4. The minimum absolute atomic E-state index is 0.0796.